The Balaban J connectivity index is 1.77. The summed E-state index contributed by atoms with van der Waals surface area (Å²) in [5, 5.41) is 0. The van der Waals surface area contributed by atoms with Crippen LogP contribution in [-0.2, 0) is 17.8 Å². The highest BCUT2D eigenvalue weighted by molar-refractivity contribution is 9.10. The average molecular weight is 543 g/mol. The minimum atomic E-state index is -0.188. The van der Waals surface area contributed by atoms with Crippen LogP contribution in [0.2, 0.25) is 0 Å². The fourth-order valence-corrected chi connectivity index (χ4v) is 4.10. The first-order valence-electron chi connectivity index (χ1n) is 11.4. The summed E-state index contributed by atoms with van der Waals surface area (Å²) in [6.45, 7) is 4.55. The summed E-state index contributed by atoms with van der Waals surface area (Å²) in [4.78, 5) is 30.0. The predicted molar refractivity (Wildman–Crippen MR) is 138 cm³/mol. The number of benzene rings is 2. The van der Waals surface area contributed by atoms with Gasteiger partial charge in [-0.2, -0.15) is 0 Å². The van der Waals surface area contributed by atoms with Crippen LogP contribution in [0.4, 0.5) is 0 Å². The molecule has 0 aliphatic rings. The molecular weight excluding hydrogens is 512 g/mol. The highest BCUT2D eigenvalue weighted by Gasteiger charge is 2.25. The fraction of sp³-hybridized carbons (Fsp3) is 0.333. The van der Waals surface area contributed by atoms with Gasteiger partial charge in [0.2, 0.25) is 5.91 Å². The number of carbonyl (C=O) groups excluding carboxylic acids is 2. The monoisotopic (exact) mass is 542 g/mol. The van der Waals surface area contributed by atoms with Crippen molar-refractivity contribution in [3.05, 3.63) is 82.2 Å². The third-order valence-electron chi connectivity index (χ3n) is 5.66. The van der Waals surface area contributed by atoms with Crippen molar-refractivity contribution >= 4 is 27.7 Å². The van der Waals surface area contributed by atoms with Gasteiger partial charge in [-0.1, -0.05) is 28.1 Å². The van der Waals surface area contributed by atoms with Crippen LogP contribution in [0.3, 0.4) is 0 Å². The molecule has 2 aromatic carbocycles. The first kappa shape index (κ1) is 26.3. The molecule has 0 saturated heterocycles. The molecule has 2 amide bonds. The van der Waals surface area contributed by atoms with Crippen molar-refractivity contribution in [3.8, 4) is 11.5 Å². The highest BCUT2D eigenvalue weighted by Crippen LogP contribution is 2.28. The van der Waals surface area contributed by atoms with Crippen LogP contribution in [0, 0.1) is 0 Å². The maximum atomic E-state index is 13.5. The molecule has 7 nitrogen and oxygen atoms in total. The van der Waals surface area contributed by atoms with Crippen molar-refractivity contribution in [2.45, 2.75) is 32.9 Å². The van der Waals surface area contributed by atoms with Gasteiger partial charge in [0.1, 0.15) is 12.3 Å². The molecule has 186 valence electrons. The molecule has 0 aliphatic carbocycles. The van der Waals surface area contributed by atoms with E-state index in [4.69, 9.17) is 13.9 Å². The Labute approximate surface area is 214 Å². The van der Waals surface area contributed by atoms with Gasteiger partial charge in [0.05, 0.1) is 27.0 Å². The lowest BCUT2D eigenvalue weighted by Crippen LogP contribution is -2.46. The Morgan fingerprint density at radius 3 is 2.40 bits per heavy atom. The number of amides is 2. The molecule has 0 fully saturated rings. The van der Waals surface area contributed by atoms with Crippen LogP contribution in [0.5, 0.6) is 11.5 Å². The molecule has 0 bridgehead atoms. The number of carbonyl (C=O) groups is 2. The molecule has 3 rings (SSSR count). The maximum Gasteiger partial charge on any atom is 0.254 e. The molecule has 1 aromatic heterocycles. The normalized spacial score (nSPS) is 10.8. The van der Waals surface area contributed by atoms with E-state index in [1.54, 1.807) is 48.5 Å². The number of hydrogen-bond acceptors (Lipinski definition) is 5. The van der Waals surface area contributed by atoms with E-state index in [-0.39, 0.29) is 24.4 Å². The second-order valence-electron chi connectivity index (χ2n) is 8.37. The SMILES string of the molecule is COc1ccc(CCN(Cc2ccco2)C(=O)CN(C(=O)c2cccc(Br)c2)C(C)C)cc1OC. The zero-order valence-corrected chi connectivity index (χ0v) is 22.1. The molecule has 0 aliphatic heterocycles. The molecular formula is C27H31BrN2O5. The summed E-state index contributed by atoms with van der Waals surface area (Å²) in [7, 11) is 3.19. The lowest BCUT2D eigenvalue weighted by molar-refractivity contribution is -0.133. The molecule has 0 atom stereocenters. The Morgan fingerprint density at radius 1 is 1.00 bits per heavy atom. The quantitative estimate of drug-likeness (QED) is 0.333. The molecule has 0 spiro atoms. The Kier molecular flexibility index (Phi) is 9.37. The molecule has 0 unspecified atom stereocenters. The van der Waals surface area contributed by atoms with Crippen LogP contribution in [0.15, 0.2) is 69.8 Å². The van der Waals surface area contributed by atoms with Gasteiger partial charge in [-0.3, -0.25) is 9.59 Å². The summed E-state index contributed by atoms with van der Waals surface area (Å²) in [6.07, 6.45) is 2.19. The molecule has 35 heavy (non-hydrogen) atoms. The minimum absolute atomic E-state index is 0.0321. The van der Waals surface area contributed by atoms with Crippen LogP contribution in [0.25, 0.3) is 0 Å². The summed E-state index contributed by atoms with van der Waals surface area (Å²) in [5.41, 5.74) is 1.54. The number of halogens is 1. The van der Waals surface area contributed by atoms with E-state index in [1.807, 2.05) is 50.2 Å². The Morgan fingerprint density at radius 2 is 1.77 bits per heavy atom. The Hall–Kier alpha value is -3.26. The smallest absolute Gasteiger partial charge is 0.254 e. The van der Waals surface area contributed by atoms with Gasteiger partial charge in [0, 0.05) is 22.6 Å². The van der Waals surface area contributed by atoms with E-state index < -0.39 is 0 Å². The van der Waals surface area contributed by atoms with E-state index in [0.717, 1.165) is 10.0 Å². The minimum Gasteiger partial charge on any atom is -0.493 e. The summed E-state index contributed by atoms with van der Waals surface area (Å²) in [5.74, 6) is 1.63. The average Bonchev–Trinajstić information content (AvgIpc) is 3.37. The van der Waals surface area contributed by atoms with Crippen molar-refractivity contribution < 1.29 is 23.5 Å². The number of nitrogens with zero attached hydrogens (tertiary/aromatic N) is 2. The lowest BCUT2D eigenvalue weighted by Gasteiger charge is -2.30. The highest BCUT2D eigenvalue weighted by atomic mass is 79.9. The Bertz CT molecular complexity index is 1130. The number of ether oxygens (including phenoxy) is 2. The van der Waals surface area contributed by atoms with Crippen LogP contribution in [0.1, 0.15) is 35.5 Å². The van der Waals surface area contributed by atoms with Crippen molar-refractivity contribution in [2.24, 2.45) is 0 Å². The first-order valence-corrected chi connectivity index (χ1v) is 12.2. The molecule has 3 aromatic rings. The third kappa shape index (κ3) is 7.11. The maximum absolute atomic E-state index is 13.5. The number of furan rings is 1. The standard InChI is InChI=1S/C27H31BrN2O5/c1-19(2)30(27(32)21-7-5-8-22(28)16-21)18-26(31)29(17-23-9-6-14-35-23)13-12-20-10-11-24(33-3)25(15-20)34-4/h5-11,14-16,19H,12-13,17-18H2,1-4H3. The summed E-state index contributed by atoms with van der Waals surface area (Å²) in [6, 6.07) is 16.4. The topological polar surface area (TPSA) is 72.2 Å². The summed E-state index contributed by atoms with van der Waals surface area (Å²) < 4.78 is 17.0. The molecule has 8 heteroatoms. The van der Waals surface area contributed by atoms with E-state index in [0.29, 0.717) is 42.3 Å². The van der Waals surface area contributed by atoms with Crippen molar-refractivity contribution in [1.29, 1.82) is 0 Å². The van der Waals surface area contributed by atoms with Crippen molar-refractivity contribution in [3.63, 3.8) is 0 Å². The zero-order valence-electron chi connectivity index (χ0n) is 20.5. The second-order valence-corrected chi connectivity index (χ2v) is 9.29. The van der Waals surface area contributed by atoms with Gasteiger partial charge >= 0.3 is 0 Å². The van der Waals surface area contributed by atoms with Gasteiger partial charge in [0.25, 0.3) is 5.91 Å². The van der Waals surface area contributed by atoms with E-state index in [2.05, 4.69) is 15.9 Å². The predicted octanol–water partition coefficient (Wildman–Crippen LogP) is 5.18. The van der Waals surface area contributed by atoms with Crippen molar-refractivity contribution in [1.82, 2.24) is 9.80 Å². The van der Waals surface area contributed by atoms with Gasteiger partial charge in [-0.05, 0) is 68.3 Å². The molecule has 0 radical (unpaired) electrons. The van der Waals surface area contributed by atoms with Crippen LogP contribution >= 0.6 is 15.9 Å². The number of methoxy groups -OCH3 is 2. The third-order valence-corrected chi connectivity index (χ3v) is 6.15. The van der Waals surface area contributed by atoms with Crippen molar-refractivity contribution in [2.75, 3.05) is 27.3 Å². The van der Waals surface area contributed by atoms with Crippen LogP contribution < -0.4 is 9.47 Å². The molecule has 0 N–H and O–H groups in total. The van der Waals surface area contributed by atoms with Gasteiger partial charge < -0.3 is 23.7 Å². The summed E-state index contributed by atoms with van der Waals surface area (Å²) >= 11 is 3.41. The van der Waals surface area contributed by atoms with Gasteiger partial charge in [-0.25, -0.2) is 0 Å². The molecule has 1 heterocycles. The van der Waals surface area contributed by atoms with Gasteiger partial charge in [-0.15, -0.1) is 0 Å². The van der Waals surface area contributed by atoms with Crippen LogP contribution in [-0.4, -0.2) is 55.0 Å². The van der Waals surface area contributed by atoms with E-state index in [1.165, 1.54) is 0 Å². The van der Waals surface area contributed by atoms with Gasteiger partial charge in [0.15, 0.2) is 11.5 Å². The largest absolute Gasteiger partial charge is 0.493 e. The fourth-order valence-electron chi connectivity index (χ4n) is 3.70. The lowest BCUT2D eigenvalue weighted by atomic mass is 10.1. The number of hydrogen-bond donors (Lipinski definition) is 0. The molecule has 0 saturated carbocycles. The number of rotatable bonds is 11. The second kappa shape index (κ2) is 12.4. The van der Waals surface area contributed by atoms with E-state index >= 15 is 0 Å². The zero-order chi connectivity index (χ0) is 25.4. The first-order chi connectivity index (χ1) is 16.8. The van der Waals surface area contributed by atoms with E-state index in [9.17, 15) is 9.59 Å².